The number of aryl methyl sites for hydroxylation is 1. The van der Waals surface area contributed by atoms with Crippen LogP contribution in [0.2, 0.25) is 0 Å². The number of carbonyl (C=O) groups excluding carboxylic acids is 2. The van der Waals surface area contributed by atoms with Crippen molar-refractivity contribution in [2.24, 2.45) is 0 Å². The number of urea groups is 1. The van der Waals surface area contributed by atoms with E-state index in [0.29, 0.717) is 43.9 Å². The predicted molar refractivity (Wildman–Crippen MR) is 133 cm³/mol. The predicted octanol–water partition coefficient (Wildman–Crippen LogP) is 5.05. The van der Waals surface area contributed by atoms with E-state index in [-0.39, 0.29) is 18.5 Å². The molecule has 2 heterocycles. The van der Waals surface area contributed by atoms with Crippen LogP contribution in [0.4, 0.5) is 21.9 Å². The molecule has 0 bridgehead atoms. The number of para-hydroxylation sites is 1. The highest BCUT2D eigenvalue weighted by molar-refractivity contribution is 7.20. The van der Waals surface area contributed by atoms with Crippen molar-refractivity contribution in [2.45, 2.75) is 13.5 Å². The number of benzene rings is 2. The molecule has 3 amide bonds. The molecule has 2 aromatic carbocycles. The van der Waals surface area contributed by atoms with Gasteiger partial charge in [0, 0.05) is 24.2 Å². The lowest BCUT2D eigenvalue weighted by atomic mass is 10.2. The molecule has 4 rings (SSSR count). The summed E-state index contributed by atoms with van der Waals surface area (Å²) in [6.07, 6.45) is 0. The maximum atomic E-state index is 13.0. The van der Waals surface area contributed by atoms with Crippen LogP contribution < -0.4 is 20.7 Å². The summed E-state index contributed by atoms with van der Waals surface area (Å²) in [5.74, 6) is 0.631. The van der Waals surface area contributed by atoms with Crippen LogP contribution in [0, 0.1) is 6.92 Å². The molecule has 0 fully saturated rings. The van der Waals surface area contributed by atoms with Crippen molar-refractivity contribution >= 4 is 50.6 Å². The van der Waals surface area contributed by atoms with Crippen LogP contribution >= 0.6 is 11.3 Å². The zero-order valence-corrected chi connectivity index (χ0v) is 19.7. The number of fused-ring (bicyclic) bond motifs is 1. The maximum Gasteiger partial charge on any atom is 0.323 e. The molecule has 174 valence electrons. The number of amides is 3. The first-order valence-corrected chi connectivity index (χ1v) is 11.2. The first kappa shape index (κ1) is 23.1. The Kier molecular flexibility index (Phi) is 7.00. The molecule has 0 saturated carbocycles. The lowest BCUT2D eigenvalue weighted by Crippen LogP contribution is -2.19. The van der Waals surface area contributed by atoms with Crippen molar-refractivity contribution in [3.05, 3.63) is 70.9 Å². The summed E-state index contributed by atoms with van der Waals surface area (Å²) in [4.78, 5) is 35.2. The van der Waals surface area contributed by atoms with Crippen molar-refractivity contribution in [2.75, 3.05) is 30.2 Å². The van der Waals surface area contributed by atoms with E-state index in [4.69, 9.17) is 9.47 Å². The van der Waals surface area contributed by atoms with Gasteiger partial charge in [-0.1, -0.05) is 18.2 Å². The fraction of sp³-hybridized carbons (Fsp3) is 0.167. The molecule has 3 N–H and O–H groups in total. The first-order valence-electron chi connectivity index (χ1n) is 10.4. The highest BCUT2D eigenvalue weighted by atomic mass is 32.1. The summed E-state index contributed by atoms with van der Waals surface area (Å²) in [5.41, 5.74) is 2.62. The number of rotatable bonds is 7. The molecular formula is C24H23N5O4S. The number of methoxy groups -OCH3 is 2. The van der Waals surface area contributed by atoms with E-state index < -0.39 is 0 Å². The van der Waals surface area contributed by atoms with Gasteiger partial charge in [-0.05, 0) is 48.9 Å². The summed E-state index contributed by atoms with van der Waals surface area (Å²) >= 11 is 1.27. The number of ether oxygens (including phenoxy) is 2. The third kappa shape index (κ3) is 5.13. The van der Waals surface area contributed by atoms with Crippen LogP contribution in [0.3, 0.4) is 0 Å². The van der Waals surface area contributed by atoms with Gasteiger partial charge in [-0.25, -0.2) is 9.78 Å². The topological polar surface area (TPSA) is 114 Å². The van der Waals surface area contributed by atoms with E-state index in [9.17, 15) is 9.59 Å². The van der Waals surface area contributed by atoms with E-state index in [2.05, 4.69) is 25.9 Å². The molecule has 0 saturated heterocycles. The Hall–Kier alpha value is -4.02. The molecule has 0 aliphatic rings. The quantitative estimate of drug-likeness (QED) is 0.343. The number of nitrogens with zero attached hydrogens (tertiary/aromatic N) is 2. The van der Waals surface area contributed by atoms with Gasteiger partial charge in [-0.15, -0.1) is 11.3 Å². The van der Waals surface area contributed by atoms with Gasteiger partial charge in [0.25, 0.3) is 5.91 Å². The van der Waals surface area contributed by atoms with Gasteiger partial charge in [-0.2, -0.15) is 4.98 Å². The van der Waals surface area contributed by atoms with Crippen molar-refractivity contribution in [3.63, 3.8) is 0 Å². The fourth-order valence-electron chi connectivity index (χ4n) is 3.34. The van der Waals surface area contributed by atoms with E-state index in [1.165, 1.54) is 18.4 Å². The van der Waals surface area contributed by atoms with Crippen LogP contribution in [0.15, 0.2) is 54.6 Å². The van der Waals surface area contributed by atoms with Gasteiger partial charge >= 0.3 is 6.03 Å². The van der Waals surface area contributed by atoms with Gasteiger partial charge in [0.1, 0.15) is 11.4 Å². The smallest absolute Gasteiger partial charge is 0.323 e. The number of nitrogens with one attached hydrogen (secondary N) is 3. The average molecular weight is 478 g/mol. The second-order valence-corrected chi connectivity index (χ2v) is 8.29. The number of thiophene rings is 1. The number of hydrogen-bond acceptors (Lipinski definition) is 7. The second-order valence-electron chi connectivity index (χ2n) is 7.30. The zero-order chi connectivity index (χ0) is 24.1. The Bertz CT molecular complexity index is 1320. The summed E-state index contributed by atoms with van der Waals surface area (Å²) < 4.78 is 10.5. The third-order valence-corrected chi connectivity index (χ3v) is 6.09. The third-order valence-electron chi connectivity index (χ3n) is 4.91. The number of anilines is 3. The summed E-state index contributed by atoms with van der Waals surface area (Å²) in [6, 6.07) is 15.7. The Morgan fingerprint density at radius 3 is 2.12 bits per heavy atom. The van der Waals surface area contributed by atoms with Crippen LogP contribution in [-0.4, -0.2) is 36.1 Å². The molecule has 34 heavy (non-hydrogen) atoms. The van der Waals surface area contributed by atoms with Crippen LogP contribution in [0.1, 0.15) is 21.1 Å². The number of hydrogen-bond donors (Lipinski definition) is 3. The highest BCUT2D eigenvalue weighted by Gasteiger charge is 2.21. The molecule has 0 spiro atoms. The molecule has 0 aliphatic carbocycles. The van der Waals surface area contributed by atoms with Crippen molar-refractivity contribution in [3.8, 4) is 5.88 Å². The highest BCUT2D eigenvalue weighted by Crippen LogP contribution is 2.35. The standard InChI is InChI=1S/C24H23N5O4S/c1-14-19-22(33-3)28-18(13-32-2)29-23(19)34-20(14)21(30)25-16-9-11-17(12-10-16)27-24(31)26-15-7-5-4-6-8-15/h4-12H,13H2,1-3H3,(H,25,30)(H2,26,27,31). The molecule has 0 atom stereocenters. The first-order chi connectivity index (χ1) is 16.5. The SMILES string of the molecule is COCc1nc(OC)c2c(C)c(C(=O)Nc3ccc(NC(=O)Nc4ccccc4)cc3)sc2n1. The molecule has 0 radical (unpaired) electrons. The summed E-state index contributed by atoms with van der Waals surface area (Å²) in [7, 11) is 3.10. The monoisotopic (exact) mass is 477 g/mol. The Labute approximate surface area is 200 Å². The summed E-state index contributed by atoms with van der Waals surface area (Å²) in [6.45, 7) is 2.09. The normalized spacial score (nSPS) is 10.7. The Morgan fingerprint density at radius 2 is 1.50 bits per heavy atom. The zero-order valence-electron chi connectivity index (χ0n) is 18.8. The number of aromatic nitrogens is 2. The van der Waals surface area contributed by atoms with Crippen LogP contribution in [0.25, 0.3) is 10.2 Å². The van der Waals surface area contributed by atoms with Gasteiger partial charge < -0.3 is 25.4 Å². The Morgan fingerprint density at radius 1 is 0.882 bits per heavy atom. The maximum absolute atomic E-state index is 13.0. The molecule has 0 aliphatic heterocycles. The van der Waals surface area contributed by atoms with E-state index in [1.54, 1.807) is 43.5 Å². The largest absolute Gasteiger partial charge is 0.480 e. The van der Waals surface area contributed by atoms with Crippen LogP contribution in [-0.2, 0) is 11.3 Å². The lowest BCUT2D eigenvalue weighted by Gasteiger charge is -2.09. The molecule has 9 nitrogen and oxygen atoms in total. The van der Waals surface area contributed by atoms with E-state index in [1.807, 2.05) is 25.1 Å². The van der Waals surface area contributed by atoms with Gasteiger partial charge in [0.15, 0.2) is 5.82 Å². The van der Waals surface area contributed by atoms with Gasteiger partial charge in [0.2, 0.25) is 5.88 Å². The van der Waals surface area contributed by atoms with Crippen molar-refractivity contribution in [1.82, 2.24) is 9.97 Å². The van der Waals surface area contributed by atoms with Gasteiger partial charge in [-0.3, -0.25) is 4.79 Å². The Balaban J connectivity index is 1.46. The van der Waals surface area contributed by atoms with E-state index >= 15 is 0 Å². The molecular weight excluding hydrogens is 454 g/mol. The minimum atomic E-state index is -0.355. The average Bonchev–Trinajstić information content (AvgIpc) is 3.17. The lowest BCUT2D eigenvalue weighted by molar-refractivity contribution is 0.103. The van der Waals surface area contributed by atoms with E-state index in [0.717, 1.165) is 5.56 Å². The van der Waals surface area contributed by atoms with Crippen LogP contribution in [0.5, 0.6) is 5.88 Å². The van der Waals surface area contributed by atoms with Gasteiger partial charge in [0.05, 0.1) is 17.4 Å². The minimum Gasteiger partial charge on any atom is -0.480 e. The molecule has 4 aromatic rings. The van der Waals surface area contributed by atoms with Crippen molar-refractivity contribution < 1.29 is 19.1 Å². The fourth-order valence-corrected chi connectivity index (χ4v) is 4.43. The summed E-state index contributed by atoms with van der Waals surface area (Å²) in [5, 5.41) is 9.11. The number of carbonyl (C=O) groups is 2. The second kappa shape index (κ2) is 10.3. The van der Waals surface area contributed by atoms with Crippen molar-refractivity contribution in [1.29, 1.82) is 0 Å². The molecule has 2 aromatic heterocycles. The minimum absolute atomic E-state index is 0.245. The molecule has 10 heteroatoms. The molecule has 0 unspecified atom stereocenters.